The summed E-state index contributed by atoms with van der Waals surface area (Å²) in [7, 11) is 0. The Morgan fingerprint density at radius 2 is 1.21 bits per heavy atom. The van der Waals surface area contributed by atoms with Crippen molar-refractivity contribution < 1.29 is 113 Å². The lowest BCUT2D eigenvalue weighted by atomic mass is 9.92. The van der Waals surface area contributed by atoms with Gasteiger partial charge in [0.05, 0.1) is 32.0 Å². The molecule has 0 radical (unpaired) electrons. The number of rotatable bonds is 32. The van der Waals surface area contributed by atoms with Gasteiger partial charge in [0.2, 0.25) is 23.5 Å². The van der Waals surface area contributed by atoms with E-state index in [0.29, 0.717) is 62.9 Å². The molecule has 0 bridgehead atoms. The van der Waals surface area contributed by atoms with Crippen molar-refractivity contribution in [3.63, 3.8) is 0 Å². The van der Waals surface area contributed by atoms with Crippen molar-refractivity contribution >= 4 is 29.6 Å². The SMILES string of the molecule is CC(=O)NC1C(O)[C@](O)(O[C@@H]2OC(CO)[C@H](O)C(O[C@H]3OC(CO)[C@H](O)C(O)C3O)C2O)C(CO)O[C@H]1OCCCNC(=O)CCCCCNC(=O)CCCCCNC(=O)COc1ccc(-c2cccc(C(=O)OCc3ccccc3)c2)cc1. The van der Waals surface area contributed by atoms with Gasteiger partial charge in [-0.15, -0.1) is 0 Å². The molecule has 3 saturated heterocycles. The summed E-state index contributed by atoms with van der Waals surface area (Å²) in [6.45, 7) is -0.811. The molecule has 3 aliphatic heterocycles. The summed E-state index contributed by atoms with van der Waals surface area (Å²) in [6.07, 6.45) is -19.5. The first-order valence-corrected chi connectivity index (χ1v) is 28.0. The van der Waals surface area contributed by atoms with Crippen molar-refractivity contribution in [3.8, 4) is 16.9 Å². The Kier molecular flexibility index (Phi) is 27.0. The van der Waals surface area contributed by atoms with Crippen LogP contribution in [0.4, 0.5) is 0 Å². The molecule has 4 amide bonds. The Labute approximate surface area is 485 Å². The highest BCUT2D eigenvalue weighted by atomic mass is 16.8. The fourth-order valence-corrected chi connectivity index (χ4v) is 9.50. The van der Waals surface area contributed by atoms with Crippen molar-refractivity contribution in [1.29, 1.82) is 0 Å². The number of carbonyl (C=O) groups excluding carboxylic acids is 5. The van der Waals surface area contributed by atoms with Gasteiger partial charge in [0.15, 0.2) is 25.5 Å². The Morgan fingerprint density at radius 1 is 0.595 bits per heavy atom. The quantitative estimate of drug-likeness (QED) is 0.0180. The maximum atomic E-state index is 12.7. The number of aliphatic hydroxyl groups is 10. The lowest BCUT2D eigenvalue weighted by molar-refractivity contribution is -0.436. The molecule has 14 N–H and O–H groups in total. The number of amides is 4. The van der Waals surface area contributed by atoms with Gasteiger partial charge in [0, 0.05) is 39.4 Å². The number of unbranched alkanes of at least 4 members (excludes halogenated alkanes) is 4. The van der Waals surface area contributed by atoms with Crippen molar-refractivity contribution in [3.05, 3.63) is 90.0 Å². The zero-order valence-electron chi connectivity index (χ0n) is 46.6. The molecule has 0 aliphatic carbocycles. The second kappa shape index (κ2) is 33.8. The standard InChI is InChI=1S/C57H80N4O23/c1-33(65)61-45-52(74)57(76,84-56-50(73)51(47(70)40(29-63)81-56)83-55-49(72)48(71)46(69)39(28-62)80-55)41(30-64)82-54(45)77-26-12-25-59-43(67)18-7-3-9-23-58-42(66)17-8-4-10-24-60-44(68)32-78-38-21-19-35(20-22-38)36-15-11-16-37(27-36)53(75)79-31-34-13-5-2-6-14-34/h2,5-6,11,13-16,19-22,27,39-41,45-52,54-56,62-64,69-74,76H,3-4,7-10,12,17-18,23-26,28-32H2,1H3,(H,58,66)(H,59,67)(H,60,68)(H,61,65)/t39?,40?,41?,45?,46-,47-,48?,49?,50?,51?,52?,54+,55+,56-,57+/m0/s1. The molecule has 27 heteroatoms. The van der Waals surface area contributed by atoms with Crippen molar-refractivity contribution in [2.45, 2.75) is 163 Å². The van der Waals surface area contributed by atoms with Crippen LogP contribution in [0.25, 0.3) is 11.1 Å². The van der Waals surface area contributed by atoms with Crippen LogP contribution in [-0.2, 0) is 58.9 Å². The summed E-state index contributed by atoms with van der Waals surface area (Å²) in [4.78, 5) is 62.2. The van der Waals surface area contributed by atoms with Crippen LogP contribution in [0, 0.1) is 0 Å². The normalized spacial score (nSPS) is 28.6. The van der Waals surface area contributed by atoms with E-state index in [2.05, 4.69) is 21.3 Å². The van der Waals surface area contributed by atoms with Crippen LogP contribution < -0.4 is 26.0 Å². The average Bonchev–Trinajstić information content (AvgIpc) is 1.42. The molecular formula is C57H80N4O23. The second-order valence-corrected chi connectivity index (χ2v) is 20.6. The Balaban J connectivity index is 0.801. The third-order valence-corrected chi connectivity index (χ3v) is 14.2. The summed E-state index contributed by atoms with van der Waals surface area (Å²) < 4.78 is 44.6. The zero-order chi connectivity index (χ0) is 60.8. The lowest BCUT2D eigenvalue weighted by Gasteiger charge is -2.52. The summed E-state index contributed by atoms with van der Waals surface area (Å²) in [5, 5.41) is 117. The van der Waals surface area contributed by atoms with Gasteiger partial charge in [-0.05, 0) is 73.1 Å². The van der Waals surface area contributed by atoms with E-state index in [1.807, 2.05) is 48.5 Å². The Hall–Kier alpha value is -5.83. The zero-order valence-corrected chi connectivity index (χ0v) is 46.6. The molecule has 27 nitrogen and oxygen atoms in total. The van der Waals surface area contributed by atoms with Crippen LogP contribution >= 0.6 is 0 Å². The average molecular weight is 1190 g/mol. The van der Waals surface area contributed by atoms with Gasteiger partial charge >= 0.3 is 5.97 Å². The number of esters is 1. The molecule has 84 heavy (non-hydrogen) atoms. The van der Waals surface area contributed by atoms with E-state index >= 15 is 0 Å². The van der Waals surface area contributed by atoms with E-state index in [1.165, 1.54) is 0 Å². The van der Waals surface area contributed by atoms with Crippen molar-refractivity contribution in [2.24, 2.45) is 0 Å². The number of benzene rings is 3. The molecule has 3 aliphatic rings. The highest BCUT2D eigenvalue weighted by Gasteiger charge is 2.60. The first kappa shape index (κ1) is 67.3. The molecule has 0 saturated carbocycles. The van der Waals surface area contributed by atoms with Gasteiger partial charge < -0.3 is 110 Å². The molecule has 15 atom stereocenters. The predicted octanol–water partition coefficient (Wildman–Crippen LogP) is -2.12. The minimum Gasteiger partial charge on any atom is -0.484 e. The smallest absolute Gasteiger partial charge is 0.338 e. The topological polar surface area (TPSA) is 410 Å². The number of ether oxygens (including phenoxy) is 8. The molecule has 3 fully saturated rings. The van der Waals surface area contributed by atoms with Gasteiger partial charge in [0.1, 0.15) is 79.4 Å². The van der Waals surface area contributed by atoms with Gasteiger partial charge in [0.25, 0.3) is 5.91 Å². The monoisotopic (exact) mass is 1190 g/mol. The highest BCUT2D eigenvalue weighted by molar-refractivity contribution is 5.91. The van der Waals surface area contributed by atoms with Crippen LogP contribution in [0.2, 0.25) is 0 Å². The first-order valence-electron chi connectivity index (χ1n) is 28.0. The lowest BCUT2D eigenvalue weighted by Crippen LogP contribution is -2.74. The molecule has 6 rings (SSSR count). The molecular weight excluding hydrogens is 1110 g/mol. The fourth-order valence-electron chi connectivity index (χ4n) is 9.50. The van der Waals surface area contributed by atoms with Crippen LogP contribution in [0.5, 0.6) is 5.75 Å². The van der Waals surface area contributed by atoms with Crippen LogP contribution in [0.1, 0.15) is 80.6 Å². The Bertz CT molecular complexity index is 2520. The molecule has 3 aromatic rings. The minimum atomic E-state index is -3.02. The molecule has 9 unspecified atom stereocenters. The van der Waals surface area contributed by atoms with Crippen molar-refractivity contribution in [1.82, 2.24) is 21.3 Å². The third kappa shape index (κ3) is 19.3. The predicted molar refractivity (Wildman–Crippen MR) is 291 cm³/mol. The maximum absolute atomic E-state index is 12.7. The van der Waals surface area contributed by atoms with Crippen LogP contribution in [0.15, 0.2) is 78.9 Å². The third-order valence-electron chi connectivity index (χ3n) is 14.2. The molecule has 3 heterocycles. The largest absolute Gasteiger partial charge is 0.484 e. The van der Waals surface area contributed by atoms with Crippen LogP contribution in [-0.4, -0.2) is 225 Å². The van der Waals surface area contributed by atoms with Gasteiger partial charge in [-0.3, -0.25) is 19.2 Å². The summed E-state index contributed by atoms with van der Waals surface area (Å²) in [5.74, 6) is -4.25. The highest BCUT2D eigenvalue weighted by Crippen LogP contribution is 2.37. The minimum absolute atomic E-state index is 0.0916. The number of aliphatic hydroxyl groups excluding tert-OH is 9. The number of carbonyl (C=O) groups is 5. The second-order valence-electron chi connectivity index (χ2n) is 20.6. The summed E-state index contributed by atoms with van der Waals surface area (Å²) >= 11 is 0. The maximum Gasteiger partial charge on any atom is 0.338 e. The van der Waals surface area contributed by atoms with Gasteiger partial charge in [-0.25, -0.2) is 4.79 Å². The first-order chi connectivity index (χ1) is 40.4. The number of hydrogen-bond acceptors (Lipinski definition) is 23. The number of hydrogen-bond donors (Lipinski definition) is 14. The van der Waals surface area contributed by atoms with E-state index in [1.54, 1.807) is 30.3 Å². The summed E-state index contributed by atoms with van der Waals surface area (Å²) in [6, 6.07) is 22.2. The van der Waals surface area contributed by atoms with Crippen molar-refractivity contribution in [2.75, 3.05) is 52.7 Å². The fraction of sp³-hybridized carbons (Fsp3) is 0.596. The molecule has 466 valence electrons. The van der Waals surface area contributed by atoms with E-state index in [9.17, 15) is 75.0 Å². The molecule has 3 aromatic carbocycles. The van der Waals surface area contributed by atoms with E-state index in [4.69, 9.17) is 37.9 Å². The Morgan fingerprint density at radius 3 is 1.85 bits per heavy atom. The van der Waals surface area contributed by atoms with Crippen LogP contribution in [0.3, 0.4) is 0 Å². The van der Waals surface area contributed by atoms with E-state index in [0.717, 1.165) is 30.0 Å². The number of nitrogens with one attached hydrogen (secondary N) is 4. The molecule has 0 spiro atoms. The van der Waals surface area contributed by atoms with Gasteiger partial charge in [-0.1, -0.05) is 67.4 Å². The van der Waals surface area contributed by atoms with E-state index in [-0.39, 0.29) is 56.9 Å². The summed E-state index contributed by atoms with van der Waals surface area (Å²) in [5.41, 5.74) is 3.02. The van der Waals surface area contributed by atoms with E-state index < -0.39 is 123 Å². The molecule has 0 aromatic heterocycles. The van der Waals surface area contributed by atoms with Gasteiger partial charge in [-0.2, -0.15) is 0 Å².